The maximum absolute atomic E-state index is 14.5. The van der Waals surface area contributed by atoms with Gasteiger partial charge < -0.3 is 25.5 Å². The van der Waals surface area contributed by atoms with Crippen LogP contribution in [0.1, 0.15) is 91.2 Å². The number of phenols is 1. The fourth-order valence-corrected chi connectivity index (χ4v) is 8.08. The summed E-state index contributed by atoms with van der Waals surface area (Å²) >= 11 is 0. The van der Waals surface area contributed by atoms with Crippen LogP contribution in [0.15, 0.2) is 35.1 Å². The number of hydrogen-bond donors (Lipinski definition) is 5. The van der Waals surface area contributed by atoms with Crippen LogP contribution in [0, 0.1) is 28.6 Å². The fourth-order valence-electron chi connectivity index (χ4n) is 8.08. The van der Waals surface area contributed by atoms with E-state index in [1.54, 1.807) is 32.9 Å². The van der Waals surface area contributed by atoms with Gasteiger partial charge in [-0.1, -0.05) is 72.9 Å². The van der Waals surface area contributed by atoms with E-state index in [9.17, 15) is 39.9 Å². The molecule has 1 fully saturated rings. The first kappa shape index (κ1) is 30.0. The molecule has 40 heavy (non-hydrogen) atoms. The van der Waals surface area contributed by atoms with Crippen molar-refractivity contribution in [3.8, 4) is 5.75 Å². The molecular weight excluding hydrogens is 512 g/mol. The second-order valence-electron chi connectivity index (χ2n) is 13.1. The number of carbonyl (C=O) groups excluding carboxylic acids is 3. The topological polar surface area (TPSA) is 152 Å². The van der Waals surface area contributed by atoms with Gasteiger partial charge in [0.15, 0.2) is 17.2 Å². The van der Waals surface area contributed by atoms with Gasteiger partial charge >= 0.3 is 0 Å². The second-order valence-corrected chi connectivity index (χ2v) is 13.1. The number of phenolic OH excluding ortho intramolecular Hbond substituents is 1. The van der Waals surface area contributed by atoms with Crippen LogP contribution >= 0.6 is 0 Å². The molecule has 8 heteroatoms. The van der Waals surface area contributed by atoms with Crippen LogP contribution in [0.2, 0.25) is 0 Å². The Bertz CT molecular complexity index is 1340. The predicted octanol–water partition coefficient (Wildman–Crippen LogP) is 4.92. The number of Topliss-reactive ketones (excluding diaryl/α,β-unsaturated/α-hetero) is 3. The van der Waals surface area contributed by atoms with Crippen LogP contribution in [0.25, 0.3) is 5.76 Å². The summed E-state index contributed by atoms with van der Waals surface area (Å²) in [5, 5.41) is 58.3. The molecule has 0 spiro atoms. The molecule has 4 rings (SSSR count). The van der Waals surface area contributed by atoms with Crippen LogP contribution in [0.5, 0.6) is 5.75 Å². The highest BCUT2D eigenvalue weighted by Gasteiger charge is 2.77. The first-order valence-corrected chi connectivity index (χ1v) is 14.2. The number of benzene rings is 1. The van der Waals surface area contributed by atoms with Gasteiger partial charge in [0.25, 0.3) is 0 Å². The molecule has 0 amide bonds. The van der Waals surface area contributed by atoms with E-state index < -0.39 is 74.7 Å². The lowest BCUT2D eigenvalue weighted by Gasteiger charge is -2.64. The van der Waals surface area contributed by atoms with Crippen molar-refractivity contribution in [2.75, 3.05) is 0 Å². The van der Waals surface area contributed by atoms with Gasteiger partial charge in [0, 0.05) is 16.7 Å². The van der Waals surface area contributed by atoms with Crippen LogP contribution in [-0.4, -0.2) is 54.6 Å². The molecule has 1 unspecified atom stereocenters. The van der Waals surface area contributed by atoms with Crippen molar-refractivity contribution in [2.24, 2.45) is 28.6 Å². The number of allylic oxidation sites excluding steroid dienone is 1. The third-order valence-corrected chi connectivity index (χ3v) is 9.96. The summed E-state index contributed by atoms with van der Waals surface area (Å²) in [5.74, 6) is -6.40. The smallest absolute Gasteiger partial charge is 0.203 e. The monoisotopic (exact) mass is 554 g/mol. The van der Waals surface area contributed by atoms with Crippen molar-refractivity contribution in [1.29, 1.82) is 0 Å². The summed E-state index contributed by atoms with van der Waals surface area (Å²) < 4.78 is 0. The van der Waals surface area contributed by atoms with Gasteiger partial charge in [0.05, 0.1) is 17.2 Å². The minimum Gasteiger partial charge on any atom is -0.508 e. The number of fused-ring (bicyclic) bond motifs is 3. The van der Waals surface area contributed by atoms with Gasteiger partial charge in [-0.05, 0) is 42.7 Å². The maximum Gasteiger partial charge on any atom is 0.203 e. The quantitative estimate of drug-likeness (QED) is 0.235. The molecule has 0 radical (unpaired) electrons. The molecule has 3 aliphatic rings. The van der Waals surface area contributed by atoms with Crippen LogP contribution in [-0.2, 0) is 14.4 Å². The minimum atomic E-state index is -2.87. The zero-order valence-electron chi connectivity index (χ0n) is 24.4. The summed E-state index contributed by atoms with van der Waals surface area (Å²) in [6.07, 6.45) is 1.47. The van der Waals surface area contributed by atoms with E-state index in [0.29, 0.717) is 17.9 Å². The highest BCUT2D eigenvalue weighted by atomic mass is 16.4. The van der Waals surface area contributed by atoms with E-state index in [2.05, 4.69) is 13.8 Å². The number of aromatic hydroxyl groups is 1. The Balaban J connectivity index is 2.07. The van der Waals surface area contributed by atoms with Gasteiger partial charge in [-0.25, -0.2) is 0 Å². The Morgan fingerprint density at radius 1 is 1.02 bits per heavy atom. The number of aliphatic hydroxyl groups is 4. The van der Waals surface area contributed by atoms with Crippen molar-refractivity contribution in [3.05, 3.63) is 46.2 Å². The molecule has 6 atom stereocenters. The zero-order chi connectivity index (χ0) is 30.1. The fraction of sp³-hybridized carbons (Fsp3) is 0.594. The Labute approximate surface area is 235 Å². The van der Waals surface area contributed by atoms with E-state index in [1.165, 1.54) is 13.0 Å². The second kappa shape index (κ2) is 9.84. The molecule has 0 aliphatic heterocycles. The number of rotatable bonds is 7. The summed E-state index contributed by atoms with van der Waals surface area (Å²) in [7, 11) is 0. The Hall–Kier alpha value is -2.97. The molecule has 0 bridgehead atoms. The number of unbranched alkanes of at least 4 members (excludes halogenated alkanes) is 1. The Kier molecular flexibility index (Phi) is 7.38. The molecule has 0 saturated heterocycles. The molecule has 3 aliphatic carbocycles. The molecule has 8 nitrogen and oxygen atoms in total. The first-order chi connectivity index (χ1) is 18.5. The maximum atomic E-state index is 14.5. The van der Waals surface area contributed by atoms with Gasteiger partial charge in [0.2, 0.25) is 5.78 Å². The van der Waals surface area contributed by atoms with Gasteiger partial charge in [0.1, 0.15) is 22.8 Å². The van der Waals surface area contributed by atoms with Crippen LogP contribution in [0.4, 0.5) is 0 Å². The van der Waals surface area contributed by atoms with E-state index in [4.69, 9.17) is 0 Å². The Morgan fingerprint density at radius 3 is 2.20 bits per heavy atom. The van der Waals surface area contributed by atoms with Crippen LogP contribution in [0.3, 0.4) is 0 Å². The van der Waals surface area contributed by atoms with Crippen LogP contribution < -0.4 is 0 Å². The van der Waals surface area contributed by atoms with Gasteiger partial charge in [-0.3, -0.25) is 14.4 Å². The lowest BCUT2D eigenvalue weighted by atomic mass is 9.40. The average molecular weight is 555 g/mol. The molecule has 1 aromatic carbocycles. The largest absolute Gasteiger partial charge is 0.508 e. The molecule has 0 aromatic heterocycles. The molecule has 0 heterocycles. The minimum absolute atomic E-state index is 0.0409. The number of aliphatic hydroxyl groups excluding tert-OH is 3. The van der Waals surface area contributed by atoms with Crippen molar-refractivity contribution in [1.82, 2.24) is 0 Å². The van der Waals surface area contributed by atoms with Crippen molar-refractivity contribution in [3.63, 3.8) is 0 Å². The van der Waals surface area contributed by atoms with Crippen molar-refractivity contribution in [2.45, 2.75) is 91.8 Å². The summed E-state index contributed by atoms with van der Waals surface area (Å²) in [5.41, 5.74) is -6.71. The van der Waals surface area contributed by atoms with E-state index in [0.717, 1.165) is 26.2 Å². The normalized spacial score (nSPS) is 33.8. The SMILES string of the molecule is CC(=O)C1=C(O)[C@]2(O)C(=O)C3=C(O)c4c(O)cccc4[C@@H](CCCCC(C)C)[C@]3(C)[C@@H](O)[C@]2(C)C(C(C)C)C1=O. The highest BCUT2D eigenvalue weighted by Crippen LogP contribution is 2.68. The predicted molar refractivity (Wildman–Crippen MR) is 150 cm³/mol. The Morgan fingerprint density at radius 2 is 1.65 bits per heavy atom. The summed E-state index contributed by atoms with van der Waals surface area (Å²) in [6, 6.07) is 4.77. The number of ketones is 3. The van der Waals surface area contributed by atoms with E-state index >= 15 is 0 Å². The van der Waals surface area contributed by atoms with Crippen molar-refractivity contribution < 1.29 is 39.9 Å². The highest BCUT2D eigenvalue weighted by molar-refractivity contribution is 6.24. The summed E-state index contributed by atoms with van der Waals surface area (Å²) in [4.78, 5) is 40.8. The number of carbonyl (C=O) groups is 3. The van der Waals surface area contributed by atoms with E-state index in [-0.39, 0.29) is 16.9 Å². The molecule has 1 aromatic rings. The van der Waals surface area contributed by atoms with Crippen molar-refractivity contribution >= 4 is 23.1 Å². The van der Waals surface area contributed by atoms with Gasteiger partial charge in [-0.15, -0.1) is 0 Å². The third kappa shape index (κ3) is 3.68. The lowest BCUT2D eigenvalue weighted by molar-refractivity contribution is -0.216. The zero-order valence-corrected chi connectivity index (χ0v) is 24.4. The first-order valence-electron chi connectivity index (χ1n) is 14.2. The third-order valence-electron chi connectivity index (χ3n) is 9.96. The lowest BCUT2D eigenvalue weighted by Crippen LogP contribution is -2.75. The molecule has 1 saturated carbocycles. The van der Waals surface area contributed by atoms with E-state index in [1.807, 2.05) is 0 Å². The average Bonchev–Trinajstić information content (AvgIpc) is 2.84. The molecule has 5 N–H and O–H groups in total. The van der Waals surface area contributed by atoms with Gasteiger partial charge in [-0.2, -0.15) is 0 Å². The molecular formula is C32H42O8. The summed E-state index contributed by atoms with van der Waals surface area (Å²) in [6.45, 7) is 11.8. The standard InChI is InChI=1S/C32H42O8/c1-15(2)11-8-9-13-19-18-12-10-14-20(34)22(18)26(36)24-28(38)32(40)27(37)21(17(5)33)25(35)23(16(3)4)31(32,7)29(39)30(19,24)6/h10,12,14-16,19,23,29,34,36-37,39-40H,8-9,11,13H2,1-7H3/t19-,23?,29-,30+,31+,32+/m1/s1. The number of hydrogen-bond acceptors (Lipinski definition) is 8. The molecule has 218 valence electrons.